The molecule has 138 valence electrons. The molecule has 2 aliphatic rings. The van der Waals surface area contributed by atoms with Crippen molar-refractivity contribution in [3.05, 3.63) is 41.5 Å². The van der Waals surface area contributed by atoms with E-state index in [9.17, 15) is 0 Å². The van der Waals surface area contributed by atoms with Crippen molar-refractivity contribution in [3.8, 4) is 5.88 Å². The third-order valence-corrected chi connectivity index (χ3v) is 5.60. The van der Waals surface area contributed by atoms with Crippen molar-refractivity contribution >= 4 is 11.8 Å². The summed E-state index contributed by atoms with van der Waals surface area (Å²) in [6, 6.07) is 10.7. The van der Waals surface area contributed by atoms with Crippen LogP contribution in [-0.2, 0) is 12.8 Å². The summed E-state index contributed by atoms with van der Waals surface area (Å²) in [7, 11) is 0. The standard InChI is InChI=1S/C20H27N5O/c21-17-16-14-20(26-18(16)24-19(22)23-17)9-5-12-25(13-10-20)11-4-8-15-6-2-1-3-7-15/h1-3,6-7H,4-5,8-14H2,(H4,21,22,23,24)/t20-/m1/s1. The van der Waals surface area contributed by atoms with Gasteiger partial charge in [-0.25, -0.2) is 0 Å². The summed E-state index contributed by atoms with van der Waals surface area (Å²) in [4.78, 5) is 10.9. The zero-order valence-corrected chi connectivity index (χ0v) is 15.2. The van der Waals surface area contributed by atoms with Crippen molar-refractivity contribution in [2.45, 2.75) is 44.1 Å². The minimum absolute atomic E-state index is 0.187. The molecule has 26 heavy (non-hydrogen) atoms. The lowest BCUT2D eigenvalue weighted by Gasteiger charge is -2.27. The number of nitrogens with two attached hydrogens (primary N) is 2. The second-order valence-corrected chi connectivity index (χ2v) is 7.50. The molecule has 3 heterocycles. The van der Waals surface area contributed by atoms with E-state index in [0.717, 1.165) is 57.3 Å². The average Bonchev–Trinajstić information content (AvgIpc) is 2.87. The number of aryl methyl sites for hydroxylation is 1. The fourth-order valence-electron chi connectivity index (χ4n) is 4.19. The zero-order chi connectivity index (χ0) is 18.0. The van der Waals surface area contributed by atoms with Crippen molar-refractivity contribution in [2.24, 2.45) is 0 Å². The summed E-state index contributed by atoms with van der Waals surface area (Å²) in [5.74, 6) is 1.25. The summed E-state index contributed by atoms with van der Waals surface area (Å²) in [6.45, 7) is 3.30. The predicted molar refractivity (Wildman–Crippen MR) is 103 cm³/mol. The van der Waals surface area contributed by atoms with Gasteiger partial charge in [0.25, 0.3) is 0 Å². The van der Waals surface area contributed by atoms with Crippen LogP contribution in [0.5, 0.6) is 5.88 Å². The molecule has 0 amide bonds. The Morgan fingerprint density at radius 3 is 2.77 bits per heavy atom. The molecule has 1 spiro atoms. The largest absolute Gasteiger partial charge is 0.470 e. The smallest absolute Gasteiger partial charge is 0.225 e. The van der Waals surface area contributed by atoms with Gasteiger partial charge in [-0.2, -0.15) is 9.97 Å². The number of rotatable bonds is 4. The van der Waals surface area contributed by atoms with E-state index < -0.39 is 0 Å². The van der Waals surface area contributed by atoms with Crippen molar-refractivity contribution in [1.82, 2.24) is 14.9 Å². The monoisotopic (exact) mass is 353 g/mol. The Labute approximate surface area is 154 Å². The zero-order valence-electron chi connectivity index (χ0n) is 15.2. The van der Waals surface area contributed by atoms with Crippen LogP contribution in [-0.4, -0.2) is 40.1 Å². The molecule has 4 rings (SSSR count). The number of hydrogen-bond acceptors (Lipinski definition) is 6. The van der Waals surface area contributed by atoms with Gasteiger partial charge < -0.3 is 21.1 Å². The molecule has 1 atom stereocenters. The van der Waals surface area contributed by atoms with Gasteiger partial charge in [-0.1, -0.05) is 30.3 Å². The SMILES string of the molecule is Nc1nc(N)c2c(n1)O[C@@]1(CCCN(CCCc3ccccc3)CC1)C2. The quantitative estimate of drug-likeness (QED) is 0.877. The minimum atomic E-state index is -0.187. The number of likely N-dealkylation sites (tertiary alicyclic amines) is 1. The first-order valence-electron chi connectivity index (χ1n) is 9.51. The fraction of sp³-hybridized carbons (Fsp3) is 0.500. The number of nitrogen functional groups attached to an aromatic ring is 2. The molecule has 2 aliphatic heterocycles. The predicted octanol–water partition coefficient (Wildman–Crippen LogP) is 2.43. The van der Waals surface area contributed by atoms with Crippen LogP contribution in [0.25, 0.3) is 0 Å². The van der Waals surface area contributed by atoms with Crippen LogP contribution in [0.15, 0.2) is 30.3 Å². The van der Waals surface area contributed by atoms with Crippen LogP contribution in [0.1, 0.15) is 36.8 Å². The second kappa shape index (κ2) is 7.11. The number of anilines is 2. The molecule has 1 aromatic carbocycles. The van der Waals surface area contributed by atoms with Gasteiger partial charge in [0.05, 0.1) is 5.56 Å². The third kappa shape index (κ3) is 3.60. The molecular formula is C20H27N5O. The van der Waals surface area contributed by atoms with Gasteiger partial charge in [-0.15, -0.1) is 0 Å². The van der Waals surface area contributed by atoms with Gasteiger partial charge in [0, 0.05) is 19.4 Å². The molecule has 0 saturated carbocycles. The van der Waals surface area contributed by atoms with Gasteiger partial charge in [-0.05, 0) is 44.3 Å². The van der Waals surface area contributed by atoms with Crippen molar-refractivity contribution in [3.63, 3.8) is 0 Å². The summed E-state index contributed by atoms with van der Waals surface area (Å²) in [5, 5.41) is 0. The number of nitrogens with zero attached hydrogens (tertiary/aromatic N) is 3. The van der Waals surface area contributed by atoms with Crippen LogP contribution in [0, 0.1) is 0 Å². The summed E-state index contributed by atoms with van der Waals surface area (Å²) in [6.07, 6.45) is 6.27. The van der Waals surface area contributed by atoms with Crippen molar-refractivity contribution < 1.29 is 4.74 Å². The Kier molecular flexibility index (Phi) is 4.68. The van der Waals surface area contributed by atoms with E-state index in [0.29, 0.717) is 11.7 Å². The van der Waals surface area contributed by atoms with Crippen LogP contribution in [0.4, 0.5) is 11.8 Å². The van der Waals surface area contributed by atoms with Crippen molar-refractivity contribution in [1.29, 1.82) is 0 Å². The van der Waals surface area contributed by atoms with Gasteiger partial charge >= 0.3 is 0 Å². The lowest BCUT2D eigenvalue weighted by molar-refractivity contribution is 0.0731. The Bertz CT molecular complexity index is 766. The Morgan fingerprint density at radius 2 is 1.92 bits per heavy atom. The van der Waals surface area contributed by atoms with Gasteiger partial charge in [-0.3, -0.25) is 0 Å². The molecule has 1 saturated heterocycles. The van der Waals surface area contributed by atoms with Crippen molar-refractivity contribution in [2.75, 3.05) is 31.1 Å². The normalized spacial score (nSPS) is 22.8. The molecule has 1 aromatic heterocycles. The lowest BCUT2D eigenvalue weighted by atomic mass is 9.90. The maximum atomic E-state index is 6.26. The first kappa shape index (κ1) is 17.1. The Hall–Kier alpha value is -2.34. The Morgan fingerprint density at radius 1 is 1.08 bits per heavy atom. The molecular weight excluding hydrogens is 326 g/mol. The molecule has 0 aliphatic carbocycles. The van der Waals surface area contributed by atoms with E-state index in [-0.39, 0.29) is 11.5 Å². The molecule has 4 N–H and O–H groups in total. The highest BCUT2D eigenvalue weighted by Crippen LogP contribution is 2.42. The molecule has 6 heteroatoms. The van der Waals surface area contributed by atoms with Crippen LogP contribution in [0.3, 0.4) is 0 Å². The minimum Gasteiger partial charge on any atom is -0.470 e. The van der Waals surface area contributed by atoms with Gasteiger partial charge in [0.2, 0.25) is 11.8 Å². The van der Waals surface area contributed by atoms with E-state index in [1.54, 1.807) is 0 Å². The molecule has 2 aromatic rings. The topological polar surface area (TPSA) is 90.3 Å². The van der Waals surface area contributed by atoms with E-state index >= 15 is 0 Å². The van der Waals surface area contributed by atoms with E-state index in [1.165, 1.54) is 12.0 Å². The summed E-state index contributed by atoms with van der Waals surface area (Å²) >= 11 is 0. The number of benzene rings is 1. The fourth-order valence-corrected chi connectivity index (χ4v) is 4.19. The van der Waals surface area contributed by atoms with Crippen LogP contribution < -0.4 is 16.2 Å². The number of hydrogen-bond donors (Lipinski definition) is 2. The molecule has 0 unspecified atom stereocenters. The van der Waals surface area contributed by atoms with Crippen LogP contribution >= 0.6 is 0 Å². The molecule has 6 nitrogen and oxygen atoms in total. The highest BCUT2D eigenvalue weighted by Gasteiger charge is 2.42. The van der Waals surface area contributed by atoms with Crippen LogP contribution in [0.2, 0.25) is 0 Å². The first-order chi connectivity index (χ1) is 12.6. The highest BCUT2D eigenvalue weighted by atomic mass is 16.5. The summed E-state index contributed by atoms with van der Waals surface area (Å²) < 4.78 is 6.26. The summed E-state index contributed by atoms with van der Waals surface area (Å²) in [5.41, 5.74) is 13.9. The van der Waals surface area contributed by atoms with E-state index in [2.05, 4.69) is 45.2 Å². The number of ether oxygens (including phenoxy) is 1. The van der Waals surface area contributed by atoms with E-state index in [4.69, 9.17) is 16.2 Å². The Balaban J connectivity index is 1.33. The lowest BCUT2D eigenvalue weighted by Crippen LogP contribution is -2.36. The number of aromatic nitrogens is 2. The maximum absolute atomic E-state index is 6.26. The van der Waals surface area contributed by atoms with E-state index in [1.807, 2.05) is 0 Å². The second-order valence-electron chi connectivity index (χ2n) is 7.50. The third-order valence-electron chi connectivity index (χ3n) is 5.60. The van der Waals surface area contributed by atoms with Gasteiger partial charge in [0.1, 0.15) is 11.4 Å². The van der Waals surface area contributed by atoms with Gasteiger partial charge in [0.15, 0.2) is 0 Å². The molecule has 1 fully saturated rings. The average molecular weight is 353 g/mol. The highest BCUT2D eigenvalue weighted by molar-refractivity contribution is 5.52. The molecule has 0 bridgehead atoms. The number of fused-ring (bicyclic) bond motifs is 1. The first-order valence-corrected chi connectivity index (χ1v) is 9.51. The molecule has 0 radical (unpaired) electrons. The maximum Gasteiger partial charge on any atom is 0.225 e.